The average molecular weight is 349 g/mol. The molecule has 3 amide bonds. The Morgan fingerprint density at radius 2 is 1.85 bits per heavy atom. The van der Waals surface area contributed by atoms with Gasteiger partial charge in [-0.2, -0.15) is 0 Å². The summed E-state index contributed by atoms with van der Waals surface area (Å²) >= 11 is 2.84. The lowest BCUT2D eigenvalue weighted by Crippen LogP contribution is -2.33. The minimum atomic E-state index is -1.37. The largest absolute Gasteiger partial charge is 0.478 e. The predicted molar refractivity (Wildman–Crippen MR) is 68.0 cm³/mol. The second kappa shape index (κ2) is 6.75. The molecule has 0 heterocycles. The van der Waals surface area contributed by atoms with Gasteiger partial charge in [-0.15, -0.1) is 0 Å². The summed E-state index contributed by atoms with van der Waals surface area (Å²) in [6.45, 7) is 0. The number of carboxylic acid groups (broad SMARTS) is 1. The van der Waals surface area contributed by atoms with Crippen LogP contribution in [0.3, 0.4) is 0 Å². The molecule has 1 aromatic rings. The first-order valence-corrected chi connectivity index (χ1v) is 5.76. The number of urea groups is 1. The maximum atomic E-state index is 13.4. The molecule has 0 aromatic heterocycles. The average Bonchev–Trinajstić information content (AvgIpc) is 2.31. The maximum Gasteiger partial charge on any atom is 0.328 e. The number of halogens is 3. The number of amides is 3. The number of carboxylic acids is 1. The standard InChI is InChI=1S/C11H7BrF2N2O4/c12-6-3-5(13)4-7(14)10(6)16-11(20)15-8(17)1-2-9(18)19/h1-4H,(H,18,19)(H2,15,16,17,20)/b2-1+. The summed E-state index contributed by atoms with van der Waals surface area (Å²) in [4.78, 5) is 32.6. The molecule has 106 valence electrons. The Bertz CT molecular complexity index is 581. The van der Waals surface area contributed by atoms with Crippen LogP contribution in [0.25, 0.3) is 0 Å². The summed E-state index contributed by atoms with van der Waals surface area (Å²) in [5.41, 5.74) is -0.362. The molecule has 0 saturated heterocycles. The van der Waals surface area contributed by atoms with Crippen molar-refractivity contribution in [1.82, 2.24) is 5.32 Å². The molecular weight excluding hydrogens is 342 g/mol. The van der Waals surface area contributed by atoms with Gasteiger partial charge in [0.05, 0.1) is 5.69 Å². The molecule has 0 spiro atoms. The van der Waals surface area contributed by atoms with Crippen molar-refractivity contribution in [3.63, 3.8) is 0 Å². The normalized spacial score (nSPS) is 10.3. The second-order valence-corrected chi connectivity index (χ2v) is 4.21. The fourth-order valence-electron chi connectivity index (χ4n) is 1.11. The monoisotopic (exact) mass is 348 g/mol. The molecule has 1 rings (SSSR count). The fourth-order valence-corrected chi connectivity index (χ4v) is 1.61. The molecule has 0 aliphatic carbocycles. The van der Waals surface area contributed by atoms with Gasteiger partial charge in [0.25, 0.3) is 5.91 Å². The van der Waals surface area contributed by atoms with E-state index >= 15 is 0 Å². The van der Waals surface area contributed by atoms with Crippen molar-refractivity contribution in [3.8, 4) is 0 Å². The van der Waals surface area contributed by atoms with E-state index in [0.717, 1.165) is 6.07 Å². The number of aliphatic carboxylic acids is 1. The molecule has 3 N–H and O–H groups in total. The van der Waals surface area contributed by atoms with Crippen LogP contribution in [0.15, 0.2) is 28.8 Å². The number of imide groups is 1. The van der Waals surface area contributed by atoms with E-state index in [1.807, 2.05) is 5.32 Å². The van der Waals surface area contributed by atoms with Gasteiger partial charge in [-0.1, -0.05) is 0 Å². The van der Waals surface area contributed by atoms with Gasteiger partial charge in [-0.05, 0) is 22.0 Å². The number of rotatable bonds is 3. The Balaban J connectivity index is 2.73. The highest BCUT2D eigenvalue weighted by molar-refractivity contribution is 9.10. The smallest absolute Gasteiger partial charge is 0.328 e. The number of anilines is 1. The third-order valence-corrected chi connectivity index (χ3v) is 2.48. The second-order valence-electron chi connectivity index (χ2n) is 3.36. The van der Waals surface area contributed by atoms with Gasteiger partial charge < -0.3 is 10.4 Å². The summed E-state index contributed by atoms with van der Waals surface area (Å²) in [5, 5.41) is 12.0. The lowest BCUT2D eigenvalue weighted by molar-refractivity contribution is -0.131. The van der Waals surface area contributed by atoms with Gasteiger partial charge in [-0.25, -0.2) is 18.4 Å². The number of carbonyl (C=O) groups is 3. The van der Waals surface area contributed by atoms with E-state index < -0.39 is 29.5 Å². The first kappa shape index (κ1) is 15.8. The summed E-state index contributed by atoms with van der Waals surface area (Å²) < 4.78 is 26.1. The van der Waals surface area contributed by atoms with E-state index in [9.17, 15) is 23.2 Å². The van der Waals surface area contributed by atoms with E-state index in [4.69, 9.17) is 5.11 Å². The van der Waals surface area contributed by atoms with Gasteiger partial charge in [0.15, 0.2) is 5.82 Å². The minimum Gasteiger partial charge on any atom is -0.478 e. The van der Waals surface area contributed by atoms with Crippen molar-refractivity contribution < 1.29 is 28.3 Å². The maximum absolute atomic E-state index is 13.4. The van der Waals surface area contributed by atoms with Crippen LogP contribution >= 0.6 is 15.9 Å². The topological polar surface area (TPSA) is 95.5 Å². The zero-order valence-corrected chi connectivity index (χ0v) is 11.2. The van der Waals surface area contributed by atoms with Gasteiger partial charge >= 0.3 is 12.0 Å². The van der Waals surface area contributed by atoms with Crippen molar-refractivity contribution in [2.75, 3.05) is 5.32 Å². The Hall–Kier alpha value is -2.29. The van der Waals surface area contributed by atoms with E-state index in [1.54, 1.807) is 5.32 Å². The van der Waals surface area contributed by atoms with Crippen molar-refractivity contribution in [2.24, 2.45) is 0 Å². The first-order chi connectivity index (χ1) is 9.29. The zero-order chi connectivity index (χ0) is 15.3. The number of nitrogens with one attached hydrogen (secondary N) is 2. The molecule has 0 atom stereocenters. The molecule has 1 aromatic carbocycles. The molecule has 0 saturated carbocycles. The molecule has 6 nitrogen and oxygen atoms in total. The van der Waals surface area contributed by atoms with Crippen molar-refractivity contribution in [2.45, 2.75) is 0 Å². The van der Waals surface area contributed by atoms with Gasteiger partial charge in [0, 0.05) is 22.7 Å². The van der Waals surface area contributed by atoms with E-state index in [1.165, 1.54) is 0 Å². The van der Waals surface area contributed by atoms with Gasteiger partial charge in [-0.3, -0.25) is 10.1 Å². The highest BCUT2D eigenvalue weighted by Crippen LogP contribution is 2.26. The highest BCUT2D eigenvalue weighted by Gasteiger charge is 2.13. The van der Waals surface area contributed by atoms with Gasteiger partial charge in [0.1, 0.15) is 5.82 Å². The Kier molecular flexibility index (Phi) is 5.32. The Morgan fingerprint density at radius 1 is 1.20 bits per heavy atom. The minimum absolute atomic E-state index is 0.0568. The van der Waals surface area contributed by atoms with Crippen LogP contribution < -0.4 is 10.6 Å². The third-order valence-electron chi connectivity index (χ3n) is 1.86. The van der Waals surface area contributed by atoms with Gasteiger partial charge in [0.2, 0.25) is 0 Å². The lowest BCUT2D eigenvalue weighted by Gasteiger charge is -2.08. The van der Waals surface area contributed by atoms with Crippen LogP contribution in [-0.2, 0) is 9.59 Å². The molecule has 0 radical (unpaired) electrons. The lowest BCUT2D eigenvalue weighted by atomic mass is 10.3. The highest BCUT2D eigenvalue weighted by atomic mass is 79.9. The number of carbonyl (C=O) groups excluding carboxylic acids is 2. The van der Waals surface area contributed by atoms with E-state index in [2.05, 4.69) is 15.9 Å². The summed E-state index contributed by atoms with van der Waals surface area (Å²) in [6.07, 6.45) is 1.13. The van der Waals surface area contributed by atoms with Crippen LogP contribution in [0, 0.1) is 11.6 Å². The molecular formula is C11H7BrF2N2O4. The zero-order valence-electron chi connectivity index (χ0n) is 9.62. The number of hydrogen-bond donors (Lipinski definition) is 3. The Morgan fingerprint density at radius 3 is 2.40 bits per heavy atom. The predicted octanol–water partition coefficient (Wildman–Crippen LogP) is 2.02. The van der Waals surface area contributed by atoms with Crippen molar-refractivity contribution in [3.05, 3.63) is 40.4 Å². The molecule has 0 bridgehead atoms. The number of hydrogen-bond acceptors (Lipinski definition) is 3. The number of benzene rings is 1. The SMILES string of the molecule is O=C(O)/C=C/C(=O)NC(=O)Nc1c(F)cc(F)cc1Br. The van der Waals surface area contributed by atoms with Crippen LogP contribution in [-0.4, -0.2) is 23.0 Å². The molecule has 0 fully saturated rings. The van der Waals surface area contributed by atoms with E-state index in [-0.39, 0.29) is 10.2 Å². The first-order valence-electron chi connectivity index (χ1n) is 4.97. The molecule has 0 aliphatic rings. The fraction of sp³-hybridized carbons (Fsp3) is 0. The quantitative estimate of drug-likeness (QED) is 0.728. The van der Waals surface area contributed by atoms with Crippen molar-refractivity contribution in [1.29, 1.82) is 0 Å². The molecule has 20 heavy (non-hydrogen) atoms. The van der Waals surface area contributed by atoms with Crippen molar-refractivity contribution >= 4 is 39.5 Å². The Labute approximate surface area is 119 Å². The van der Waals surface area contributed by atoms with Crippen LogP contribution in [0.4, 0.5) is 19.3 Å². The van der Waals surface area contributed by atoms with Crippen LogP contribution in [0.5, 0.6) is 0 Å². The summed E-state index contributed by atoms with van der Waals surface area (Å²) in [6, 6.07) is 0.369. The van der Waals surface area contributed by atoms with E-state index in [0.29, 0.717) is 18.2 Å². The van der Waals surface area contributed by atoms with Crippen LogP contribution in [0.2, 0.25) is 0 Å². The summed E-state index contributed by atoms with van der Waals surface area (Å²) in [7, 11) is 0. The third kappa shape index (κ3) is 4.76. The molecule has 0 unspecified atom stereocenters. The molecule has 0 aliphatic heterocycles. The van der Waals surface area contributed by atoms with Crippen LogP contribution in [0.1, 0.15) is 0 Å². The summed E-state index contributed by atoms with van der Waals surface area (Å²) in [5.74, 6) is -4.27. The molecule has 9 heteroatoms.